The molecule has 4 aromatic carbocycles. The molecule has 0 saturated carbocycles. The minimum Gasteiger partial charge on any atom is -0.493 e. The van der Waals surface area contributed by atoms with E-state index in [4.69, 9.17) is 9.47 Å². The van der Waals surface area contributed by atoms with Gasteiger partial charge >= 0.3 is 0 Å². The summed E-state index contributed by atoms with van der Waals surface area (Å²) in [5.41, 5.74) is 2.12. The summed E-state index contributed by atoms with van der Waals surface area (Å²) in [4.78, 5) is 39.8. The van der Waals surface area contributed by atoms with Crippen molar-refractivity contribution in [2.45, 2.75) is 4.90 Å². The number of carbonyl (C=O) groups is 3. The molecule has 4 aromatic rings. The van der Waals surface area contributed by atoms with E-state index in [0.29, 0.717) is 34.0 Å². The molecule has 0 fully saturated rings. The van der Waals surface area contributed by atoms with Crippen LogP contribution in [-0.2, 0) is 9.59 Å². The Morgan fingerprint density at radius 1 is 0.833 bits per heavy atom. The molecule has 4 rings (SSSR count). The fourth-order valence-electron chi connectivity index (χ4n) is 3.88. The lowest BCUT2D eigenvalue weighted by Gasteiger charge is -2.14. The van der Waals surface area contributed by atoms with Gasteiger partial charge in [0.15, 0.2) is 11.5 Å². The lowest BCUT2D eigenvalue weighted by Crippen LogP contribution is -2.30. The van der Waals surface area contributed by atoms with E-state index in [0.717, 1.165) is 9.37 Å². The fraction of sp³-hybridized carbons (Fsp3) is 0.0938. The molecule has 0 aliphatic heterocycles. The predicted octanol–water partition coefficient (Wildman–Crippen LogP) is 6.61. The van der Waals surface area contributed by atoms with Crippen LogP contribution in [0.1, 0.15) is 15.9 Å². The van der Waals surface area contributed by atoms with Crippen molar-refractivity contribution >= 4 is 62.9 Å². The number of para-hydroxylation sites is 2. The second-order valence-electron chi connectivity index (χ2n) is 8.76. The molecule has 0 unspecified atom stereocenters. The van der Waals surface area contributed by atoms with E-state index in [2.05, 4.69) is 31.9 Å². The Hall–Kier alpha value is -4.54. The van der Waals surface area contributed by atoms with Crippen LogP contribution >= 0.6 is 27.7 Å². The fourth-order valence-corrected chi connectivity index (χ4v) is 5.02. The summed E-state index contributed by atoms with van der Waals surface area (Å²) in [7, 11) is 3.02. The number of anilines is 2. The minimum atomic E-state index is -0.544. The van der Waals surface area contributed by atoms with Crippen LogP contribution in [0.5, 0.6) is 11.5 Å². The van der Waals surface area contributed by atoms with Crippen LogP contribution in [0.25, 0.3) is 6.08 Å². The molecule has 8 nitrogen and oxygen atoms in total. The van der Waals surface area contributed by atoms with Gasteiger partial charge in [-0.25, -0.2) is 0 Å². The van der Waals surface area contributed by atoms with Crippen LogP contribution in [0.3, 0.4) is 0 Å². The lowest BCUT2D eigenvalue weighted by atomic mass is 10.1. The van der Waals surface area contributed by atoms with Crippen molar-refractivity contribution in [3.8, 4) is 11.5 Å². The molecule has 0 bridgehead atoms. The maximum atomic E-state index is 13.5. The van der Waals surface area contributed by atoms with Gasteiger partial charge in [-0.3, -0.25) is 14.4 Å². The van der Waals surface area contributed by atoms with Crippen molar-refractivity contribution in [3.05, 3.63) is 118 Å². The first kappa shape index (κ1) is 30.4. The van der Waals surface area contributed by atoms with E-state index < -0.39 is 11.8 Å². The average molecular weight is 647 g/mol. The highest BCUT2D eigenvalue weighted by atomic mass is 79.9. The molecule has 0 atom stereocenters. The van der Waals surface area contributed by atoms with Crippen molar-refractivity contribution in [1.82, 2.24) is 5.32 Å². The minimum absolute atomic E-state index is 0.00118. The van der Waals surface area contributed by atoms with Gasteiger partial charge in [0.1, 0.15) is 5.70 Å². The Balaban J connectivity index is 1.52. The predicted molar refractivity (Wildman–Crippen MR) is 170 cm³/mol. The van der Waals surface area contributed by atoms with Gasteiger partial charge in [0, 0.05) is 26.2 Å². The molecule has 3 amide bonds. The van der Waals surface area contributed by atoms with Gasteiger partial charge in [-0.15, -0.1) is 11.8 Å². The highest BCUT2D eigenvalue weighted by Gasteiger charge is 2.18. The molecule has 214 valence electrons. The van der Waals surface area contributed by atoms with Crippen molar-refractivity contribution < 1.29 is 23.9 Å². The zero-order valence-electron chi connectivity index (χ0n) is 22.8. The number of hydrogen-bond donors (Lipinski definition) is 3. The lowest BCUT2D eigenvalue weighted by molar-refractivity contribution is -0.114. The summed E-state index contributed by atoms with van der Waals surface area (Å²) < 4.78 is 11.7. The maximum absolute atomic E-state index is 13.5. The molecule has 0 heterocycles. The zero-order chi connectivity index (χ0) is 29.9. The van der Waals surface area contributed by atoms with Crippen LogP contribution < -0.4 is 25.4 Å². The molecule has 0 aliphatic carbocycles. The molecule has 3 N–H and O–H groups in total. The van der Waals surface area contributed by atoms with Gasteiger partial charge in [0.2, 0.25) is 5.91 Å². The molecular formula is C32H28BrN3O5S. The van der Waals surface area contributed by atoms with Gasteiger partial charge in [0.25, 0.3) is 11.8 Å². The Labute approximate surface area is 256 Å². The van der Waals surface area contributed by atoms with Gasteiger partial charge in [0.05, 0.1) is 25.7 Å². The number of halogens is 1. The third kappa shape index (κ3) is 8.25. The molecule has 0 spiro atoms. The summed E-state index contributed by atoms with van der Waals surface area (Å²) in [5, 5.41) is 8.44. The summed E-state index contributed by atoms with van der Waals surface area (Å²) in [6.45, 7) is 0. The van der Waals surface area contributed by atoms with E-state index >= 15 is 0 Å². The van der Waals surface area contributed by atoms with Crippen LogP contribution in [0.15, 0.2) is 112 Å². The average Bonchev–Trinajstić information content (AvgIpc) is 3.01. The molecule has 42 heavy (non-hydrogen) atoms. The van der Waals surface area contributed by atoms with Crippen LogP contribution in [0.4, 0.5) is 11.4 Å². The highest BCUT2D eigenvalue weighted by Crippen LogP contribution is 2.32. The van der Waals surface area contributed by atoms with Gasteiger partial charge in [-0.1, -0.05) is 48.5 Å². The topological polar surface area (TPSA) is 106 Å². The van der Waals surface area contributed by atoms with E-state index in [9.17, 15) is 14.4 Å². The normalized spacial score (nSPS) is 10.9. The quantitative estimate of drug-likeness (QED) is 0.125. The summed E-state index contributed by atoms with van der Waals surface area (Å²) in [6.07, 6.45) is 1.53. The Morgan fingerprint density at radius 3 is 2.31 bits per heavy atom. The van der Waals surface area contributed by atoms with Gasteiger partial charge in [-0.2, -0.15) is 0 Å². The SMILES string of the molecule is COc1cccc(/C=C(/NC(=O)c2ccccc2)C(=O)Nc2cccc(SCC(=O)Nc3ccccc3Br)c2)c1OC. The third-order valence-corrected chi connectivity index (χ3v) is 7.56. The van der Waals surface area contributed by atoms with E-state index in [1.165, 1.54) is 32.1 Å². The number of benzene rings is 4. The van der Waals surface area contributed by atoms with Crippen molar-refractivity contribution in [2.24, 2.45) is 0 Å². The largest absolute Gasteiger partial charge is 0.493 e. The number of amides is 3. The standard InChI is InChI=1S/C32H28BrN3O5S/c1-40-28-17-8-12-22(30(28)41-2)18-27(36-31(38)21-10-4-3-5-11-21)32(39)34-23-13-9-14-24(19-23)42-20-29(37)35-26-16-7-6-15-25(26)33/h3-19H,20H2,1-2H3,(H,34,39)(H,35,37)(H,36,38)/b27-18+. The zero-order valence-corrected chi connectivity index (χ0v) is 25.3. The number of thioether (sulfide) groups is 1. The highest BCUT2D eigenvalue weighted by molar-refractivity contribution is 9.10. The van der Waals surface area contributed by atoms with Crippen LogP contribution in [-0.4, -0.2) is 37.7 Å². The van der Waals surface area contributed by atoms with Crippen molar-refractivity contribution in [1.29, 1.82) is 0 Å². The van der Waals surface area contributed by atoms with E-state index in [-0.39, 0.29) is 17.4 Å². The number of nitrogens with one attached hydrogen (secondary N) is 3. The first-order valence-electron chi connectivity index (χ1n) is 12.8. The third-order valence-electron chi connectivity index (χ3n) is 5.87. The summed E-state index contributed by atoms with van der Waals surface area (Å²) >= 11 is 4.75. The number of methoxy groups -OCH3 is 2. The number of hydrogen-bond acceptors (Lipinski definition) is 6. The molecule has 0 aromatic heterocycles. The van der Waals surface area contributed by atoms with Gasteiger partial charge < -0.3 is 25.4 Å². The first-order valence-corrected chi connectivity index (χ1v) is 14.5. The Kier molecular flexibility index (Phi) is 10.8. The van der Waals surface area contributed by atoms with Gasteiger partial charge in [-0.05, 0) is 70.5 Å². The molecule has 0 aliphatic rings. The first-order chi connectivity index (χ1) is 20.4. The number of ether oxygens (including phenoxy) is 2. The van der Waals surface area contributed by atoms with Crippen LogP contribution in [0.2, 0.25) is 0 Å². The number of rotatable bonds is 11. The molecule has 10 heteroatoms. The summed E-state index contributed by atoms with van der Waals surface area (Å²) in [6, 6.07) is 28.3. The van der Waals surface area contributed by atoms with Crippen molar-refractivity contribution in [3.63, 3.8) is 0 Å². The second kappa shape index (κ2) is 14.9. The second-order valence-corrected chi connectivity index (χ2v) is 10.7. The Morgan fingerprint density at radius 2 is 1.57 bits per heavy atom. The van der Waals surface area contributed by atoms with E-state index in [1.54, 1.807) is 66.7 Å². The molecule has 0 radical (unpaired) electrons. The Bertz CT molecular complexity index is 1610. The molecule has 0 saturated heterocycles. The monoisotopic (exact) mass is 645 g/mol. The molecular weight excluding hydrogens is 618 g/mol. The maximum Gasteiger partial charge on any atom is 0.272 e. The van der Waals surface area contributed by atoms with E-state index in [1.807, 2.05) is 30.3 Å². The van der Waals surface area contributed by atoms with Crippen molar-refractivity contribution in [2.75, 3.05) is 30.6 Å². The number of carbonyl (C=O) groups excluding carboxylic acids is 3. The smallest absolute Gasteiger partial charge is 0.272 e. The van der Waals surface area contributed by atoms with Crippen LogP contribution in [0, 0.1) is 0 Å². The summed E-state index contributed by atoms with van der Waals surface area (Å²) in [5.74, 6) is -0.0843.